The molecular weight excluding hydrogens is 298 g/mol. The molecule has 1 aromatic heterocycles. The number of fused-ring (bicyclic) bond motifs is 1. The molecule has 0 spiro atoms. The number of nitrogens with zero attached hydrogens (tertiary/aromatic N) is 1. The maximum atomic E-state index is 12.4. The molecule has 0 fully saturated rings. The highest BCUT2D eigenvalue weighted by Gasteiger charge is 2.35. The molecule has 0 aliphatic rings. The Hall–Kier alpha value is -2.70. The molecule has 23 heavy (non-hydrogen) atoms. The summed E-state index contributed by atoms with van der Waals surface area (Å²) in [6.45, 7) is 3.55. The Morgan fingerprint density at radius 2 is 1.83 bits per heavy atom. The maximum absolute atomic E-state index is 12.4. The third-order valence-electron chi connectivity index (χ3n) is 4.31. The molecule has 0 aliphatic carbocycles. The van der Waals surface area contributed by atoms with E-state index >= 15 is 0 Å². The lowest BCUT2D eigenvalue weighted by Crippen LogP contribution is -2.42. The van der Waals surface area contributed by atoms with Gasteiger partial charge in [0, 0.05) is 11.9 Å². The molecule has 122 valence electrons. The summed E-state index contributed by atoms with van der Waals surface area (Å²) in [5.41, 5.74) is -1.31. The van der Waals surface area contributed by atoms with Gasteiger partial charge in [-0.05, 0) is 18.9 Å². The van der Waals surface area contributed by atoms with E-state index in [4.69, 9.17) is 0 Å². The van der Waals surface area contributed by atoms with E-state index in [1.54, 1.807) is 38.1 Å². The Balaban J connectivity index is 2.30. The van der Waals surface area contributed by atoms with Gasteiger partial charge in [-0.15, -0.1) is 0 Å². The molecule has 1 aromatic carbocycles. The molecule has 0 radical (unpaired) electrons. The molecule has 0 atom stereocenters. The van der Waals surface area contributed by atoms with Gasteiger partial charge in [-0.25, -0.2) is 5.10 Å². The number of H-pyrrole nitrogens is 1. The maximum Gasteiger partial charge on any atom is 0.311 e. The molecule has 3 N–H and O–H groups in total. The van der Waals surface area contributed by atoms with Crippen LogP contribution in [0.5, 0.6) is 0 Å². The van der Waals surface area contributed by atoms with Gasteiger partial charge in [-0.3, -0.25) is 14.4 Å². The summed E-state index contributed by atoms with van der Waals surface area (Å²) in [5.74, 6) is -1.45. The van der Waals surface area contributed by atoms with Crippen molar-refractivity contribution in [3.8, 4) is 0 Å². The van der Waals surface area contributed by atoms with Crippen molar-refractivity contribution in [2.24, 2.45) is 5.41 Å². The number of aromatic nitrogens is 2. The number of amides is 1. The van der Waals surface area contributed by atoms with Crippen molar-refractivity contribution in [1.29, 1.82) is 0 Å². The molecule has 7 nitrogen and oxygen atoms in total. The van der Waals surface area contributed by atoms with Gasteiger partial charge in [0.05, 0.1) is 10.8 Å². The van der Waals surface area contributed by atoms with Crippen molar-refractivity contribution in [3.63, 3.8) is 0 Å². The minimum atomic E-state index is -1.01. The predicted molar refractivity (Wildman–Crippen MR) is 85.3 cm³/mol. The van der Waals surface area contributed by atoms with E-state index in [1.807, 2.05) is 0 Å². The Labute approximate surface area is 132 Å². The molecule has 2 rings (SSSR count). The molecule has 0 unspecified atom stereocenters. The zero-order valence-electron chi connectivity index (χ0n) is 13.0. The number of carboxylic acid groups (broad SMARTS) is 1. The summed E-state index contributed by atoms with van der Waals surface area (Å²) in [4.78, 5) is 35.6. The highest BCUT2D eigenvalue weighted by atomic mass is 16.4. The third kappa shape index (κ3) is 3.08. The lowest BCUT2D eigenvalue weighted by Gasteiger charge is -2.26. The summed E-state index contributed by atoms with van der Waals surface area (Å²) in [5, 5.41) is 18.9. The zero-order valence-corrected chi connectivity index (χ0v) is 13.0. The van der Waals surface area contributed by atoms with Gasteiger partial charge in [0.1, 0.15) is 0 Å². The van der Waals surface area contributed by atoms with Gasteiger partial charge >= 0.3 is 5.97 Å². The lowest BCUT2D eigenvalue weighted by atomic mass is 9.82. The number of aromatic amines is 1. The zero-order chi connectivity index (χ0) is 17.0. The minimum absolute atomic E-state index is 0.00327. The first kappa shape index (κ1) is 16.7. The highest BCUT2D eigenvalue weighted by Crippen LogP contribution is 2.26. The van der Waals surface area contributed by atoms with Crippen LogP contribution in [0, 0.1) is 5.41 Å². The van der Waals surface area contributed by atoms with Gasteiger partial charge in [0.2, 0.25) is 0 Å². The normalized spacial score (nSPS) is 11.4. The summed E-state index contributed by atoms with van der Waals surface area (Å²) >= 11 is 0. The van der Waals surface area contributed by atoms with Gasteiger partial charge < -0.3 is 10.4 Å². The number of hydrogen-bond donors (Lipinski definition) is 3. The van der Waals surface area contributed by atoms with Crippen molar-refractivity contribution < 1.29 is 14.7 Å². The fourth-order valence-electron chi connectivity index (χ4n) is 2.50. The lowest BCUT2D eigenvalue weighted by molar-refractivity contribution is -0.149. The molecule has 0 saturated heterocycles. The first-order chi connectivity index (χ1) is 10.9. The minimum Gasteiger partial charge on any atom is -0.481 e. The van der Waals surface area contributed by atoms with Crippen LogP contribution in [0.25, 0.3) is 10.8 Å². The van der Waals surface area contributed by atoms with E-state index in [0.29, 0.717) is 23.6 Å². The van der Waals surface area contributed by atoms with E-state index in [1.165, 1.54) is 0 Å². The average Bonchev–Trinajstić information content (AvgIpc) is 2.56. The van der Waals surface area contributed by atoms with Gasteiger partial charge in [-0.1, -0.05) is 32.0 Å². The smallest absolute Gasteiger partial charge is 0.311 e. The summed E-state index contributed by atoms with van der Waals surface area (Å²) in [6.07, 6.45) is 0.803. The van der Waals surface area contributed by atoms with Crippen LogP contribution in [0.15, 0.2) is 29.1 Å². The van der Waals surface area contributed by atoms with Crippen molar-refractivity contribution in [3.05, 3.63) is 40.3 Å². The Morgan fingerprint density at radius 1 is 1.22 bits per heavy atom. The van der Waals surface area contributed by atoms with Crippen LogP contribution in [-0.2, 0) is 4.79 Å². The van der Waals surface area contributed by atoms with Gasteiger partial charge in [0.25, 0.3) is 11.5 Å². The van der Waals surface area contributed by atoms with Gasteiger partial charge in [0.15, 0.2) is 5.69 Å². The van der Waals surface area contributed by atoms with Crippen LogP contribution in [0.2, 0.25) is 0 Å². The second-order valence-electron chi connectivity index (χ2n) is 5.42. The topological polar surface area (TPSA) is 112 Å². The summed E-state index contributed by atoms with van der Waals surface area (Å²) in [7, 11) is 0. The second kappa shape index (κ2) is 6.60. The predicted octanol–water partition coefficient (Wildman–Crippen LogP) is 1.54. The van der Waals surface area contributed by atoms with E-state index < -0.39 is 17.3 Å². The standard InChI is InChI=1S/C16H19N3O4/c1-3-16(4-2,15(22)23)9-17-14(21)12-10-7-5-6-8-11(10)13(20)19-18-12/h5-8H,3-4,9H2,1-2H3,(H,17,21)(H,19,20)(H,22,23). The van der Waals surface area contributed by atoms with Crippen LogP contribution in [0.1, 0.15) is 37.2 Å². The quantitative estimate of drug-likeness (QED) is 0.748. The van der Waals surface area contributed by atoms with E-state index in [-0.39, 0.29) is 17.8 Å². The van der Waals surface area contributed by atoms with Crippen LogP contribution in [-0.4, -0.2) is 33.7 Å². The van der Waals surface area contributed by atoms with Gasteiger partial charge in [-0.2, -0.15) is 5.10 Å². The number of carboxylic acids is 1. The fourth-order valence-corrected chi connectivity index (χ4v) is 2.50. The Kier molecular flexibility index (Phi) is 4.78. The van der Waals surface area contributed by atoms with E-state index in [0.717, 1.165) is 0 Å². The highest BCUT2D eigenvalue weighted by molar-refractivity contribution is 6.04. The van der Waals surface area contributed by atoms with Crippen LogP contribution < -0.4 is 10.9 Å². The molecule has 0 bridgehead atoms. The number of aliphatic carboxylic acids is 1. The van der Waals surface area contributed by atoms with Crippen LogP contribution in [0.4, 0.5) is 0 Å². The first-order valence-corrected chi connectivity index (χ1v) is 7.44. The van der Waals surface area contributed by atoms with Crippen LogP contribution in [0.3, 0.4) is 0 Å². The van der Waals surface area contributed by atoms with Crippen molar-refractivity contribution in [2.75, 3.05) is 6.54 Å². The molecular formula is C16H19N3O4. The third-order valence-corrected chi connectivity index (χ3v) is 4.31. The number of carbonyl (C=O) groups is 2. The molecule has 1 heterocycles. The van der Waals surface area contributed by atoms with Crippen molar-refractivity contribution >= 4 is 22.6 Å². The largest absolute Gasteiger partial charge is 0.481 e. The van der Waals surface area contributed by atoms with Crippen molar-refractivity contribution in [1.82, 2.24) is 15.5 Å². The SMILES string of the molecule is CCC(CC)(CNC(=O)c1n[nH]c(=O)c2ccccc12)C(=O)O. The second-order valence-corrected chi connectivity index (χ2v) is 5.42. The number of hydrogen-bond acceptors (Lipinski definition) is 4. The molecule has 1 amide bonds. The summed E-state index contributed by atoms with van der Waals surface area (Å²) in [6, 6.07) is 6.64. The molecule has 0 saturated carbocycles. The Morgan fingerprint density at radius 3 is 2.39 bits per heavy atom. The number of nitrogens with one attached hydrogen (secondary N) is 2. The number of carbonyl (C=O) groups excluding carboxylic acids is 1. The van der Waals surface area contributed by atoms with Crippen molar-refractivity contribution in [2.45, 2.75) is 26.7 Å². The molecule has 7 heteroatoms. The van der Waals surface area contributed by atoms with E-state index in [2.05, 4.69) is 15.5 Å². The average molecular weight is 317 g/mol. The Bertz CT molecular complexity index is 793. The monoisotopic (exact) mass is 317 g/mol. The molecule has 0 aliphatic heterocycles. The first-order valence-electron chi connectivity index (χ1n) is 7.44. The fraction of sp³-hybridized carbons (Fsp3) is 0.375. The number of rotatable bonds is 6. The summed E-state index contributed by atoms with van der Waals surface area (Å²) < 4.78 is 0. The van der Waals surface area contributed by atoms with Crippen LogP contribution >= 0.6 is 0 Å². The molecule has 2 aromatic rings. The van der Waals surface area contributed by atoms with E-state index in [9.17, 15) is 19.5 Å². The number of benzene rings is 1.